The van der Waals surface area contributed by atoms with Crippen LogP contribution in [0.25, 0.3) is 0 Å². The molecule has 6 nitrogen and oxygen atoms in total. The molecular weight excluding hydrogens is 270 g/mol. The van der Waals surface area contributed by atoms with Gasteiger partial charge in [0.25, 0.3) is 11.8 Å². The molecule has 0 atom stereocenters. The molecule has 0 bridgehead atoms. The Balaban J connectivity index is 1.99. The second-order valence-electron chi connectivity index (χ2n) is 5.08. The number of fused-ring (bicyclic) bond motifs is 1. The maximum atomic E-state index is 11.9. The Morgan fingerprint density at radius 2 is 1.86 bits per heavy atom. The first-order valence-electron chi connectivity index (χ1n) is 7.01. The number of amides is 3. The highest BCUT2D eigenvalue weighted by Crippen LogP contribution is 2.24. The molecule has 21 heavy (non-hydrogen) atoms. The van der Waals surface area contributed by atoms with E-state index in [2.05, 4.69) is 5.32 Å². The van der Waals surface area contributed by atoms with Crippen molar-refractivity contribution in [2.24, 2.45) is 5.73 Å². The first-order chi connectivity index (χ1) is 10.0. The lowest BCUT2D eigenvalue weighted by Crippen LogP contribution is -2.24. The summed E-state index contributed by atoms with van der Waals surface area (Å²) < 4.78 is 0. The summed E-state index contributed by atoms with van der Waals surface area (Å²) in [7, 11) is 1.44. The SMILES string of the molecule is CN1C(=O)c2ccc(NC(=O)CCCCCN)cc2C1=O. The van der Waals surface area contributed by atoms with Crippen LogP contribution in [-0.4, -0.2) is 36.2 Å². The Hall–Kier alpha value is -2.21. The van der Waals surface area contributed by atoms with Crippen LogP contribution in [0.1, 0.15) is 46.4 Å². The topological polar surface area (TPSA) is 92.5 Å². The summed E-state index contributed by atoms with van der Waals surface area (Å²) in [6.07, 6.45) is 3.04. The number of hydrogen-bond acceptors (Lipinski definition) is 4. The number of nitrogens with two attached hydrogens (primary N) is 1. The van der Waals surface area contributed by atoms with Gasteiger partial charge in [0.05, 0.1) is 11.1 Å². The van der Waals surface area contributed by atoms with Gasteiger partial charge in [-0.3, -0.25) is 19.3 Å². The zero-order valence-electron chi connectivity index (χ0n) is 12.0. The highest BCUT2D eigenvalue weighted by atomic mass is 16.2. The second-order valence-corrected chi connectivity index (χ2v) is 5.08. The number of carbonyl (C=O) groups is 3. The molecule has 112 valence electrons. The highest BCUT2D eigenvalue weighted by molar-refractivity contribution is 6.21. The van der Waals surface area contributed by atoms with Crippen molar-refractivity contribution < 1.29 is 14.4 Å². The van der Waals surface area contributed by atoms with E-state index >= 15 is 0 Å². The number of rotatable bonds is 6. The van der Waals surface area contributed by atoms with Crippen molar-refractivity contribution in [3.63, 3.8) is 0 Å². The van der Waals surface area contributed by atoms with Crippen molar-refractivity contribution in [2.75, 3.05) is 18.9 Å². The van der Waals surface area contributed by atoms with E-state index in [9.17, 15) is 14.4 Å². The second kappa shape index (κ2) is 6.49. The van der Waals surface area contributed by atoms with Gasteiger partial charge in [0.15, 0.2) is 0 Å². The number of benzene rings is 1. The van der Waals surface area contributed by atoms with E-state index < -0.39 is 0 Å². The number of imide groups is 1. The van der Waals surface area contributed by atoms with E-state index in [1.807, 2.05) is 0 Å². The standard InChI is InChI=1S/C15H19N3O3/c1-18-14(20)11-7-6-10(9-12(11)15(18)21)17-13(19)5-3-2-4-8-16/h6-7,9H,2-5,8,16H2,1H3,(H,17,19). The van der Waals surface area contributed by atoms with E-state index in [0.29, 0.717) is 29.8 Å². The van der Waals surface area contributed by atoms with Crippen molar-refractivity contribution >= 4 is 23.4 Å². The predicted octanol–water partition coefficient (Wildman–Crippen LogP) is 1.37. The lowest BCUT2D eigenvalue weighted by molar-refractivity contribution is -0.116. The molecule has 0 aromatic heterocycles. The van der Waals surface area contributed by atoms with Gasteiger partial charge in [-0.2, -0.15) is 0 Å². The van der Waals surface area contributed by atoms with Crippen molar-refractivity contribution in [2.45, 2.75) is 25.7 Å². The van der Waals surface area contributed by atoms with Gasteiger partial charge in [-0.1, -0.05) is 6.42 Å². The lowest BCUT2D eigenvalue weighted by atomic mass is 10.1. The molecule has 0 fully saturated rings. The molecule has 1 aromatic carbocycles. The van der Waals surface area contributed by atoms with Crippen LogP contribution >= 0.6 is 0 Å². The van der Waals surface area contributed by atoms with Gasteiger partial charge in [-0.15, -0.1) is 0 Å². The molecule has 3 amide bonds. The summed E-state index contributed by atoms with van der Waals surface area (Å²) in [5.41, 5.74) is 6.64. The number of carbonyl (C=O) groups excluding carboxylic acids is 3. The number of hydrogen-bond donors (Lipinski definition) is 2. The molecule has 3 N–H and O–H groups in total. The third-order valence-electron chi connectivity index (χ3n) is 3.48. The fourth-order valence-electron chi connectivity index (χ4n) is 2.27. The number of anilines is 1. The molecule has 0 spiro atoms. The van der Waals surface area contributed by atoms with Gasteiger partial charge in [0, 0.05) is 19.2 Å². The quantitative estimate of drug-likeness (QED) is 0.611. The number of nitrogens with one attached hydrogen (secondary N) is 1. The van der Waals surface area contributed by atoms with Crippen molar-refractivity contribution in [3.05, 3.63) is 29.3 Å². The Labute approximate surface area is 123 Å². The summed E-state index contributed by atoms with van der Waals surface area (Å²) in [5.74, 6) is -0.749. The lowest BCUT2D eigenvalue weighted by Gasteiger charge is -2.06. The molecule has 1 aliphatic heterocycles. The monoisotopic (exact) mass is 289 g/mol. The normalized spacial score (nSPS) is 13.5. The van der Waals surface area contributed by atoms with Crippen molar-refractivity contribution in [1.82, 2.24) is 4.90 Å². The largest absolute Gasteiger partial charge is 0.330 e. The highest BCUT2D eigenvalue weighted by Gasteiger charge is 2.32. The molecule has 0 radical (unpaired) electrons. The van der Waals surface area contributed by atoms with E-state index in [4.69, 9.17) is 5.73 Å². The van der Waals surface area contributed by atoms with Crippen LogP contribution in [0.4, 0.5) is 5.69 Å². The van der Waals surface area contributed by atoms with Crippen LogP contribution in [0.15, 0.2) is 18.2 Å². The molecule has 0 aliphatic carbocycles. The van der Waals surface area contributed by atoms with E-state index in [1.54, 1.807) is 18.2 Å². The van der Waals surface area contributed by atoms with Gasteiger partial charge in [-0.05, 0) is 37.6 Å². The number of unbranched alkanes of at least 4 members (excludes halogenated alkanes) is 2. The minimum Gasteiger partial charge on any atom is -0.330 e. The Morgan fingerprint density at radius 1 is 1.14 bits per heavy atom. The Kier molecular flexibility index (Phi) is 4.70. The van der Waals surface area contributed by atoms with Crippen LogP contribution in [0.2, 0.25) is 0 Å². The van der Waals surface area contributed by atoms with Gasteiger partial charge in [-0.25, -0.2) is 0 Å². The fraction of sp³-hybridized carbons (Fsp3) is 0.400. The average molecular weight is 289 g/mol. The summed E-state index contributed by atoms with van der Waals surface area (Å²) >= 11 is 0. The molecule has 0 saturated heterocycles. The molecule has 1 heterocycles. The average Bonchev–Trinajstić information content (AvgIpc) is 2.68. The van der Waals surface area contributed by atoms with Gasteiger partial charge in [0.2, 0.25) is 5.91 Å². The molecule has 2 rings (SSSR count). The van der Waals surface area contributed by atoms with Gasteiger partial charge < -0.3 is 11.1 Å². The third-order valence-corrected chi connectivity index (χ3v) is 3.48. The zero-order chi connectivity index (χ0) is 15.4. The molecule has 0 unspecified atom stereocenters. The van der Waals surface area contributed by atoms with Crippen LogP contribution in [0.5, 0.6) is 0 Å². The van der Waals surface area contributed by atoms with Crippen LogP contribution in [0, 0.1) is 0 Å². The molecular formula is C15H19N3O3. The molecule has 1 aromatic rings. The molecule has 0 saturated carbocycles. The fourth-order valence-corrected chi connectivity index (χ4v) is 2.27. The minimum atomic E-state index is -0.339. The number of nitrogens with zero attached hydrogens (tertiary/aromatic N) is 1. The van der Waals surface area contributed by atoms with Crippen molar-refractivity contribution in [1.29, 1.82) is 0 Å². The molecule has 1 aliphatic rings. The maximum Gasteiger partial charge on any atom is 0.261 e. The van der Waals surface area contributed by atoms with Crippen LogP contribution in [-0.2, 0) is 4.79 Å². The summed E-state index contributed by atoms with van der Waals surface area (Å²) in [6.45, 7) is 0.635. The zero-order valence-corrected chi connectivity index (χ0v) is 12.0. The van der Waals surface area contributed by atoms with Crippen LogP contribution < -0.4 is 11.1 Å². The van der Waals surface area contributed by atoms with E-state index in [1.165, 1.54) is 7.05 Å². The smallest absolute Gasteiger partial charge is 0.261 e. The summed E-state index contributed by atoms with van der Waals surface area (Å²) in [4.78, 5) is 36.5. The first-order valence-corrected chi connectivity index (χ1v) is 7.01. The summed E-state index contributed by atoms with van der Waals surface area (Å²) in [5, 5.41) is 2.75. The summed E-state index contributed by atoms with van der Waals surface area (Å²) in [6, 6.07) is 4.76. The minimum absolute atomic E-state index is 0.0999. The first kappa shape index (κ1) is 15.2. The predicted molar refractivity (Wildman–Crippen MR) is 79.0 cm³/mol. The van der Waals surface area contributed by atoms with E-state index in [-0.39, 0.29) is 17.7 Å². The van der Waals surface area contributed by atoms with Gasteiger partial charge >= 0.3 is 0 Å². The third kappa shape index (κ3) is 3.28. The van der Waals surface area contributed by atoms with Gasteiger partial charge in [0.1, 0.15) is 0 Å². The van der Waals surface area contributed by atoms with Crippen molar-refractivity contribution in [3.8, 4) is 0 Å². The Bertz CT molecular complexity index is 584. The maximum absolute atomic E-state index is 11.9. The van der Waals surface area contributed by atoms with Crippen LogP contribution in [0.3, 0.4) is 0 Å². The molecule has 6 heteroatoms. The van der Waals surface area contributed by atoms with E-state index in [0.717, 1.165) is 24.2 Å². The Morgan fingerprint density at radius 3 is 2.57 bits per heavy atom.